The fourth-order valence-corrected chi connectivity index (χ4v) is 10.2. The van der Waals surface area contributed by atoms with Gasteiger partial charge >= 0.3 is 0 Å². The third-order valence-electron chi connectivity index (χ3n) is 10.5. The first-order valence-electron chi connectivity index (χ1n) is 20.3. The summed E-state index contributed by atoms with van der Waals surface area (Å²) in [5.41, 5.74) is 3.22. The molecular weight excluding hydrogens is 1030 g/mol. The van der Waals surface area contributed by atoms with E-state index in [2.05, 4.69) is 57.6 Å². The molecule has 21 nitrogen and oxygen atoms in total. The second-order valence-electron chi connectivity index (χ2n) is 14.9. The first kappa shape index (κ1) is 50.6. The number of thiophene rings is 1. The average molecular weight is 1060 g/mol. The summed E-state index contributed by atoms with van der Waals surface area (Å²) in [7, 11) is -13.8. The van der Waals surface area contributed by atoms with Crippen molar-refractivity contribution in [3.63, 3.8) is 0 Å². The standard InChI is InChI=1S/C46H31N9O12S5/c1-26-37(24-47)43(49-30-14-18-33(19-15-30)70(57,58)59)51-44(50-31-16-20-34(21-17-31)71(60,61)62)42(26)53-54-45-38(25-48)41(29-12-10-28(11-13-29)27-6-3-2-4-7-27)46(68-45)55-52-32-22-36-35(39(23-32)69-67-66-56)8-5-9-40(36)72(63,64)65/h2-23,56H,1H3,(H2,49,50,51)(H,57,58,59)(H,60,61,62)(H,63,64,65). The van der Waals surface area contributed by atoms with Gasteiger partial charge in [-0.2, -0.15) is 35.8 Å². The molecule has 0 atom stereocenters. The van der Waals surface area contributed by atoms with Crippen molar-refractivity contribution in [1.82, 2.24) is 4.98 Å². The van der Waals surface area contributed by atoms with Crippen LogP contribution in [0.2, 0.25) is 0 Å². The van der Waals surface area contributed by atoms with Gasteiger partial charge in [-0.1, -0.05) is 83.1 Å². The number of nitriles is 2. The smallest absolute Gasteiger partial charge is 0.295 e. The van der Waals surface area contributed by atoms with Gasteiger partial charge in [-0.15, -0.1) is 24.8 Å². The maximum absolute atomic E-state index is 12.4. The van der Waals surface area contributed by atoms with E-state index in [0.717, 1.165) is 46.7 Å². The highest BCUT2D eigenvalue weighted by atomic mass is 32.2. The molecule has 0 saturated heterocycles. The Bertz CT molecular complexity index is 3900. The molecule has 26 heteroatoms. The summed E-state index contributed by atoms with van der Waals surface area (Å²) < 4.78 is 106. The molecule has 2 heterocycles. The van der Waals surface area contributed by atoms with Gasteiger partial charge < -0.3 is 10.6 Å². The van der Waals surface area contributed by atoms with E-state index in [1.807, 2.05) is 42.5 Å². The van der Waals surface area contributed by atoms with Crippen molar-refractivity contribution in [3.05, 3.63) is 150 Å². The van der Waals surface area contributed by atoms with E-state index in [1.54, 1.807) is 12.1 Å². The summed E-state index contributed by atoms with van der Waals surface area (Å²) >= 11 is 1.40. The Kier molecular flexibility index (Phi) is 14.7. The lowest BCUT2D eigenvalue weighted by Gasteiger charge is -2.16. The molecule has 0 fully saturated rings. The minimum absolute atomic E-state index is 0.00451. The summed E-state index contributed by atoms with van der Waals surface area (Å²) in [5, 5.41) is 58.3. The summed E-state index contributed by atoms with van der Waals surface area (Å²) in [5.74, 6) is -0.0961. The molecule has 0 aliphatic rings. The van der Waals surface area contributed by atoms with Gasteiger partial charge in [-0.25, -0.2) is 10.2 Å². The summed E-state index contributed by atoms with van der Waals surface area (Å²) in [6, 6.07) is 37.7. The minimum Gasteiger partial charge on any atom is -0.339 e. The molecule has 8 rings (SSSR count). The minimum atomic E-state index is -4.76. The number of hydrogen-bond donors (Lipinski definition) is 6. The molecule has 2 aromatic heterocycles. The molecule has 362 valence electrons. The van der Waals surface area contributed by atoms with Crippen LogP contribution in [-0.2, 0) is 39.7 Å². The van der Waals surface area contributed by atoms with E-state index in [0.29, 0.717) is 17.6 Å². The molecule has 6 N–H and O–H groups in total. The Morgan fingerprint density at radius 2 is 1.18 bits per heavy atom. The zero-order valence-electron chi connectivity index (χ0n) is 36.4. The van der Waals surface area contributed by atoms with Gasteiger partial charge in [0, 0.05) is 32.8 Å². The van der Waals surface area contributed by atoms with Gasteiger partial charge in [-0.3, -0.25) is 13.7 Å². The predicted octanol–water partition coefficient (Wildman–Crippen LogP) is 12.2. The molecule has 8 aromatic rings. The summed E-state index contributed by atoms with van der Waals surface area (Å²) in [6.07, 6.45) is 0. The number of pyridine rings is 1. The van der Waals surface area contributed by atoms with Gasteiger partial charge in [0.05, 0.1) is 33.1 Å². The molecule has 0 saturated carbocycles. The van der Waals surface area contributed by atoms with Crippen molar-refractivity contribution in [1.29, 1.82) is 10.5 Å². The van der Waals surface area contributed by atoms with Crippen LogP contribution in [0.5, 0.6) is 0 Å². The number of azo groups is 2. The second kappa shape index (κ2) is 20.9. The lowest BCUT2D eigenvalue weighted by molar-refractivity contribution is -0.432. The number of hydrogen-bond acceptors (Lipinski definition) is 20. The number of fused-ring (bicyclic) bond motifs is 1. The van der Waals surface area contributed by atoms with Crippen LogP contribution in [0.25, 0.3) is 33.0 Å². The van der Waals surface area contributed by atoms with Crippen molar-refractivity contribution >= 4 is 109 Å². The van der Waals surface area contributed by atoms with Gasteiger partial charge in [0.15, 0.2) is 16.6 Å². The van der Waals surface area contributed by atoms with E-state index in [4.69, 9.17) is 5.26 Å². The topological polar surface area (TPSA) is 336 Å². The van der Waals surface area contributed by atoms with Gasteiger partial charge in [0.25, 0.3) is 30.4 Å². The third kappa shape index (κ3) is 11.2. The van der Waals surface area contributed by atoms with Crippen LogP contribution in [0.3, 0.4) is 0 Å². The van der Waals surface area contributed by atoms with E-state index in [1.165, 1.54) is 61.5 Å². The number of rotatable bonds is 16. The summed E-state index contributed by atoms with van der Waals surface area (Å²) in [6.45, 7) is 1.54. The fourth-order valence-electron chi connectivity index (χ4n) is 7.12. The number of anilines is 4. The van der Waals surface area contributed by atoms with Crippen LogP contribution < -0.4 is 10.6 Å². The van der Waals surface area contributed by atoms with Gasteiger partial charge in [-0.05, 0) is 95.7 Å². The molecule has 6 aromatic carbocycles. The molecule has 72 heavy (non-hydrogen) atoms. The van der Waals surface area contributed by atoms with E-state index in [-0.39, 0.29) is 87.2 Å². The molecule has 0 unspecified atom stereocenters. The zero-order valence-corrected chi connectivity index (χ0v) is 40.5. The van der Waals surface area contributed by atoms with Crippen LogP contribution in [0.15, 0.2) is 173 Å². The number of nitrogens with zero attached hydrogens (tertiary/aromatic N) is 7. The number of aromatic nitrogens is 1. The van der Waals surface area contributed by atoms with Crippen molar-refractivity contribution in [3.8, 4) is 34.4 Å². The maximum atomic E-state index is 12.4. The SMILES string of the molecule is Cc1c(C#N)c(Nc2ccc(S(=O)(=O)O)cc2)nc(Nc2ccc(S(=O)(=O)O)cc2)c1N=Nc1sc(N=Nc2cc(SOOO)c3cccc(S(=O)(=O)O)c3c2)c(-c2ccc(-c3ccccc3)cc2)c1C#N. The van der Waals surface area contributed by atoms with E-state index >= 15 is 0 Å². The fraction of sp³-hybridized carbons (Fsp3) is 0.0217. The Hall–Kier alpha value is -7.83. The Balaban J connectivity index is 1.28. The van der Waals surface area contributed by atoms with Gasteiger partial charge in [0.2, 0.25) is 0 Å². The maximum Gasteiger partial charge on any atom is 0.295 e. The van der Waals surface area contributed by atoms with Crippen LogP contribution in [0, 0.1) is 29.6 Å². The molecule has 0 radical (unpaired) electrons. The van der Waals surface area contributed by atoms with Crippen LogP contribution >= 0.6 is 23.4 Å². The Morgan fingerprint density at radius 1 is 0.611 bits per heavy atom. The quantitative estimate of drug-likeness (QED) is 0.0172. The van der Waals surface area contributed by atoms with Gasteiger partial charge in [0.1, 0.15) is 33.3 Å². The molecule has 0 spiro atoms. The predicted molar refractivity (Wildman–Crippen MR) is 265 cm³/mol. The highest BCUT2D eigenvalue weighted by Crippen LogP contribution is 2.49. The molecule has 0 aliphatic heterocycles. The monoisotopic (exact) mass is 1060 g/mol. The highest BCUT2D eigenvalue weighted by Gasteiger charge is 2.24. The molecule has 0 bridgehead atoms. The molecule has 0 aliphatic carbocycles. The normalized spacial score (nSPS) is 12.0. The molecule has 0 amide bonds. The molecular formula is C46H31N9O12S5. The van der Waals surface area contributed by atoms with Crippen molar-refractivity contribution in [2.24, 2.45) is 20.5 Å². The Morgan fingerprint density at radius 3 is 1.75 bits per heavy atom. The lowest BCUT2D eigenvalue weighted by atomic mass is 9.99. The van der Waals surface area contributed by atoms with Crippen LogP contribution in [0.1, 0.15) is 16.7 Å². The van der Waals surface area contributed by atoms with Crippen molar-refractivity contribution < 1.29 is 53.5 Å². The third-order valence-corrected chi connectivity index (χ3v) is 14.7. The average Bonchev–Trinajstić information content (AvgIpc) is 3.71. The second-order valence-corrected chi connectivity index (χ2v) is 20.9. The van der Waals surface area contributed by atoms with E-state index in [9.17, 15) is 49.4 Å². The van der Waals surface area contributed by atoms with Crippen molar-refractivity contribution in [2.45, 2.75) is 26.5 Å². The lowest BCUT2D eigenvalue weighted by Crippen LogP contribution is -2.05. The largest absolute Gasteiger partial charge is 0.339 e. The van der Waals surface area contributed by atoms with Crippen molar-refractivity contribution in [2.75, 3.05) is 10.6 Å². The van der Waals surface area contributed by atoms with Crippen LogP contribution in [0.4, 0.5) is 44.4 Å². The number of benzene rings is 6. The van der Waals surface area contributed by atoms with E-state index < -0.39 is 40.1 Å². The zero-order chi connectivity index (χ0) is 51.4. The van der Waals surface area contributed by atoms with Crippen LogP contribution in [-0.4, -0.2) is 49.2 Å². The Labute approximate surface area is 417 Å². The highest BCUT2D eigenvalue weighted by molar-refractivity contribution is 7.94. The first-order valence-corrected chi connectivity index (χ1v) is 26.1. The number of nitrogens with one attached hydrogen (secondary N) is 2. The first-order chi connectivity index (χ1) is 34.4. The summed E-state index contributed by atoms with van der Waals surface area (Å²) in [4.78, 5) is 3.57.